The van der Waals surface area contributed by atoms with Crippen LogP contribution in [0.1, 0.15) is 5.56 Å². The van der Waals surface area contributed by atoms with E-state index in [-0.39, 0.29) is 0 Å². The molecule has 0 aliphatic rings. The zero-order valence-electron chi connectivity index (χ0n) is 14.2. The third-order valence-corrected chi connectivity index (χ3v) is 3.93. The SMILES string of the molecule is COc1ccc(/C=N\Nc2nnc3c(n2)[nH]c2ccccc23)c(OC)c1. The largest absolute Gasteiger partial charge is 0.497 e. The normalized spacial score (nSPS) is 11.3. The highest BCUT2D eigenvalue weighted by molar-refractivity contribution is 6.03. The van der Waals surface area contributed by atoms with E-state index in [1.165, 1.54) is 0 Å². The molecule has 0 saturated heterocycles. The summed E-state index contributed by atoms with van der Waals surface area (Å²) in [5.74, 6) is 1.66. The molecular formula is C18H16N6O2. The first-order valence-corrected chi connectivity index (χ1v) is 7.91. The fourth-order valence-electron chi connectivity index (χ4n) is 2.65. The van der Waals surface area contributed by atoms with Crippen LogP contribution in [0.2, 0.25) is 0 Å². The first-order valence-electron chi connectivity index (χ1n) is 7.91. The third-order valence-electron chi connectivity index (χ3n) is 3.93. The van der Waals surface area contributed by atoms with Crippen molar-refractivity contribution in [1.82, 2.24) is 20.2 Å². The average Bonchev–Trinajstić information content (AvgIpc) is 3.06. The summed E-state index contributed by atoms with van der Waals surface area (Å²) >= 11 is 0. The Morgan fingerprint density at radius 1 is 1.08 bits per heavy atom. The van der Waals surface area contributed by atoms with E-state index < -0.39 is 0 Å². The number of methoxy groups -OCH3 is 2. The number of para-hydroxylation sites is 1. The van der Waals surface area contributed by atoms with Gasteiger partial charge >= 0.3 is 0 Å². The predicted octanol–water partition coefficient (Wildman–Crippen LogP) is 2.97. The lowest BCUT2D eigenvalue weighted by atomic mass is 10.2. The second-order valence-electron chi connectivity index (χ2n) is 5.48. The molecule has 2 aromatic heterocycles. The van der Waals surface area contributed by atoms with Crippen molar-refractivity contribution in [3.05, 3.63) is 48.0 Å². The molecule has 0 aliphatic carbocycles. The Hall–Kier alpha value is -3.68. The number of H-pyrrole nitrogens is 1. The Morgan fingerprint density at radius 3 is 2.81 bits per heavy atom. The molecule has 8 heteroatoms. The lowest BCUT2D eigenvalue weighted by Gasteiger charge is -2.06. The van der Waals surface area contributed by atoms with Gasteiger partial charge in [0, 0.05) is 22.5 Å². The number of nitrogens with zero attached hydrogens (tertiary/aromatic N) is 4. The molecule has 8 nitrogen and oxygen atoms in total. The molecule has 130 valence electrons. The van der Waals surface area contributed by atoms with E-state index in [4.69, 9.17) is 9.47 Å². The second kappa shape index (κ2) is 6.67. The molecule has 2 aromatic carbocycles. The fourth-order valence-corrected chi connectivity index (χ4v) is 2.65. The molecular weight excluding hydrogens is 332 g/mol. The molecule has 0 amide bonds. The molecule has 0 bridgehead atoms. The van der Waals surface area contributed by atoms with E-state index in [1.54, 1.807) is 26.5 Å². The van der Waals surface area contributed by atoms with Crippen molar-refractivity contribution in [3.8, 4) is 11.5 Å². The van der Waals surface area contributed by atoms with Crippen LogP contribution in [0, 0.1) is 0 Å². The summed E-state index contributed by atoms with van der Waals surface area (Å²) in [6.45, 7) is 0. The third kappa shape index (κ3) is 2.88. The van der Waals surface area contributed by atoms with Crippen LogP contribution in [0.25, 0.3) is 22.1 Å². The van der Waals surface area contributed by atoms with Crippen LogP contribution in [0.5, 0.6) is 11.5 Å². The second-order valence-corrected chi connectivity index (χ2v) is 5.48. The van der Waals surface area contributed by atoms with Crippen molar-refractivity contribution in [3.63, 3.8) is 0 Å². The van der Waals surface area contributed by atoms with Crippen LogP contribution >= 0.6 is 0 Å². The molecule has 0 aliphatic heterocycles. The highest BCUT2D eigenvalue weighted by Crippen LogP contribution is 2.23. The van der Waals surface area contributed by atoms with Crippen LogP contribution in [-0.2, 0) is 0 Å². The van der Waals surface area contributed by atoms with E-state index in [2.05, 4.69) is 30.7 Å². The van der Waals surface area contributed by atoms with Gasteiger partial charge in [0.15, 0.2) is 5.65 Å². The Balaban J connectivity index is 1.58. The van der Waals surface area contributed by atoms with Gasteiger partial charge in [-0.2, -0.15) is 10.1 Å². The zero-order chi connectivity index (χ0) is 17.9. The van der Waals surface area contributed by atoms with Gasteiger partial charge in [-0.15, -0.1) is 10.2 Å². The van der Waals surface area contributed by atoms with Crippen molar-refractivity contribution in [2.45, 2.75) is 0 Å². The van der Waals surface area contributed by atoms with E-state index in [1.807, 2.05) is 36.4 Å². The summed E-state index contributed by atoms with van der Waals surface area (Å²) in [5, 5.41) is 13.5. The fraction of sp³-hybridized carbons (Fsp3) is 0.111. The maximum absolute atomic E-state index is 5.33. The quantitative estimate of drug-likeness (QED) is 0.425. The Bertz CT molecular complexity index is 1110. The number of aromatic nitrogens is 4. The minimum absolute atomic E-state index is 0.299. The molecule has 0 atom stereocenters. The van der Waals surface area contributed by atoms with Gasteiger partial charge in [0.2, 0.25) is 0 Å². The van der Waals surface area contributed by atoms with Crippen LogP contribution in [0.15, 0.2) is 47.6 Å². The number of hydrogen-bond acceptors (Lipinski definition) is 7. The smallest absolute Gasteiger partial charge is 0.265 e. The number of benzene rings is 2. The average molecular weight is 348 g/mol. The molecule has 0 radical (unpaired) electrons. The predicted molar refractivity (Wildman–Crippen MR) is 100.0 cm³/mol. The van der Waals surface area contributed by atoms with E-state index in [0.29, 0.717) is 23.1 Å². The van der Waals surface area contributed by atoms with Crippen molar-refractivity contribution >= 4 is 34.2 Å². The lowest BCUT2D eigenvalue weighted by Crippen LogP contribution is -1.99. The van der Waals surface area contributed by atoms with E-state index in [9.17, 15) is 0 Å². The number of hydrogen-bond donors (Lipinski definition) is 2. The highest BCUT2D eigenvalue weighted by Gasteiger charge is 2.08. The van der Waals surface area contributed by atoms with Crippen molar-refractivity contribution in [1.29, 1.82) is 0 Å². The number of anilines is 1. The molecule has 0 saturated carbocycles. The topological polar surface area (TPSA) is 97.3 Å². The maximum atomic E-state index is 5.33. The number of ether oxygens (including phenoxy) is 2. The van der Waals surface area contributed by atoms with Gasteiger partial charge < -0.3 is 14.5 Å². The summed E-state index contributed by atoms with van der Waals surface area (Å²) in [5.41, 5.74) is 5.93. The van der Waals surface area contributed by atoms with Gasteiger partial charge in [0.05, 0.1) is 20.4 Å². The lowest BCUT2D eigenvalue weighted by molar-refractivity contribution is 0.394. The molecule has 0 fully saturated rings. The summed E-state index contributed by atoms with van der Waals surface area (Å²) < 4.78 is 10.5. The molecule has 4 rings (SSSR count). The number of aromatic amines is 1. The molecule has 2 heterocycles. The van der Waals surface area contributed by atoms with Gasteiger partial charge in [0.1, 0.15) is 17.0 Å². The van der Waals surface area contributed by atoms with Crippen molar-refractivity contribution in [2.24, 2.45) is 5.10 Å². The summed E-state index contributed by atoms with van der Waals surface area (Å²) in [4.78, 5) is 7.63. The van der Waals surface area contributed by atoms with E-state index in [0.717, 1.165) is 22.0 Å². The van der Waals surface area contributed by atoms with Gasteiger partial charge in [-0.05, 0) is 18.2 Å². The summed E-state index contributed by atoms with van der Waals surface area (Å²) in [6, 6.07) is 13.3. The molecule has 4 aromatic rings. The number of hydrazone groups is 1. The first kappa shape index (κ1) is 15.8. The summed E-state index contributed by atoms with van der Waals surface area (Å²) in [6.07, 6.45) is 1.62. The summed E-state index contributed by atoms with van der Waals surface area (Å²) in [7, 11) is 3.20. The van der Waals surface area contributed by atoms with Crippen LogP contribution in [0.4, 0.5) is 5.95 Å². The first-order chi connectivity index (χ1) is 12.8. The minimum Gasteiger partial charge on any atom is -0.497 e. The monoisotopic (exact) mass is 348 g/mol. The van der Waals surface area contributed by atoms with Gasteiger partial charge in [0.25, 0.3) is 5.95 Å². The number of nitrogens with one attached hydrogen (secondary N) is 2. The highest BCUT2D eigenvalue weighted by atomic mass is 16.5. The van der Waals surface area contributed by atoms with Gasteiger partial charge in [-0.1, -0.05) is 18.2 Å². The van der Waals surface area contributed by atoms with Crippen LogP contribution < -0.4 is 14.9 Å². The van der Waals surface area contributed by atoms with Crippen molar-refractivity contribution in [2.75, 3.05) is 19.6 Å². The Labute approximate surface area is 148 Å². The number of fused-ring (bicyclic) bond motifs is 3. The standard InChI is InChI=1S/C18H16N6O2/c1-25-12-8-7-11(15(9-12)26-2)10-19-23-18-21-17-16(22-24-18)13-5-3-4-6-14(13)20-17/h3-10H,1-2H3,(H2,20,21,23,24)/b19-10-. The Morgan fingerprint density at radius 2 is 1.96 bits per heavy atom. The molecule has 2 N–H and O–H groups in total. The molecule has 0 spiro atoms. The van der Waals surface area contributed by atoms with Gasteiger partial charge in [-0.3, -0.25) is 0 Å². The van der Waals surface area contributed by atoms with Gasteiger partial charge in [-0.25, -0.2) is 5.43 Å². The minimum atomic E-state index is 0.299. The van der Waals surface area contributed by atoms with Crippen molar-refractivity contribution < 1.29 is 9.47 Å². The van der Waals surface area contributed by atoms with Crippen LogP contribution in [0.3, 0.4) is 0 Å². The Kier molecular flexibility index (Phi) is 4.06. The molecule has 26 heavy (non-hydrogen) atoms. The van der Waals surface area contributed by atoms with E-state index >= 15 is 0 Å². The number of rotatable bonds is 5. The molecule has 0 unspecified atom stereocenters. The maximum Gasteiger partial charge on any atom is 0.265 e. The van der Waals surface area contributed by atoms with Crippen LogP contribution in [-0.4, -0.2) is 40.6 Å². The zero-order valence-corrected chi connectivity index (χ0v) is 14.2.